The zero-order valence-corrected chi connectivity index (χ0v) is 13.0. The molecule has 0 aliphatic carbocycles. The predicted octanol–water partition coefficient (Wildman–Crippen LogP) is 3.25. The number of hydrogen-bond donors (Lipinski definition) is 1. The van der Waals surface area contributed by atoms with Gasteiger partial charge in [0.15, 0.2) is 0 Å². The highest BCUT2D eigenvalue weighted by atomic mass is 16.5. The maximum absolute atomic E-state index is 5.92. The molecular weight excluding hydrogens is 234 g/mol. The summed E-state index contributed by atoms with van der Waals surface area (Å²) in [5.74, 6) is 0. The molecule has 0 amide bonds. The van der Waals surface area contributed by atoms with Gasteiger partial charge in [0, 0.05) is 5.41 Å². The number of ether oxygens (including phenoxy) is 1. The molecule has 1 saturated heterocycles. The van der Waals surface area contributed by atoms with E-state index in [4.69, 9.17) is 10.5 Å². The van der Waals surface area contributed by atoms with Crippen LogP contribution in [0.4, 0.5) is 0 Å². The Bertz CT molecular complexity index is 472. The lowest BCUT2D eigenvalue weighted by atomic mass is 9.66. The summed E-state index contributed by atoms with van der Waals surface area (Å²) < 4.78 is 5.57. The maximum Gasteiger partial charge on any atom is 0.0585 e. The van der Waals surface area contributed by atoms with Crippen molar-refractivity contribution in [3.63, 3.8) is 0 Å². The van der Waals surface area contributed by atoms with Crippen molar-refractivity contribution < 1.29 is 4.74 Å². The van der Waals surface area contributed by atoms with Crippen molar-refractivity contribution in [2.45, 2.75) is 46.5 Å². The summed E-state index contributed by atoms with van der Waals surface area (Å²) in [5.41, 5.74) is 11.8. The molecular formula is C17H27NO. The van der Waals surface area contributed by atoms with Gasteiger partial charge in [-0.25, -0.2) is 0 Å². The normalized spacial score (nSPS) is 18.2. The van der Waals surface area contributed by atoms with E-state index in [-0.39, 0.29) is 10.8 Å². The van der Waals surface area contributed by atoms with E-state index in [0.29, 0.717) is 0 Å². The molecule has 0 radical (unpaired) electrons. The fourth-order valence-corrected chi connectivity index (χ4v) is 3.22. The minimum atomic E-state index is 0.162. The molecule has 2 nitrogen and oxygen atoms in total. The van der Waals surface area contributed by atoms with E-state index in [1.807, 2.05) is 0 Å². The van der Waals surface area contributed by atoms with E-state index in [1.54, 1.807) is 0 Å². The van der Waals surface area contributed by atoms with Gasteiger partial charge in [-0.05, 0) is 61.4 Å². The van der Waals surface area contributed by atoms with Crippen LogP contribution in [0.5, 0.6) is 0 Å². The summed E-state index contributed by atoms with van der Waals surface area (Å²) in [4.78, 5) is 0. The van der Waals surface area contributed by atoms with Gasteiger partial charge in [0.05, 0.1) is 13.2 Å². The maximum atomic E-state index is 5.92. The highest BCUT2D eigenvalue weighted by molar-refractivity contribution is 5.42. The van der Waals surface area contributed by atoms with E-state index in [9.17, 15) is 0 Å². The fourth-order valence-electron chi connectivity index (χ4n) is 3.22. The Hall–Kier alpha value is -0.860. The van der Waals surface area contributed by atoms with Crippen molar-refractivity contribution in [2.75, 3.05) is 19.8 Å². The summed E-state index contributed by atoms with van der Waals surface area (Å²) in [6.45, 7) is 13.5. The van der Waals surface area contributed by atoms with Crippen LogP contribution in [-0.4, -0.2) is 19.8 Å². The van der Waals surface area contributed by atoms with Gasteiger partial charge >= 0.3 is 0 Å². The molecule has 0 aromatic heterocycles. The summed E-state index contributed by atoms with van der Waals surface area (Å²) in [7, 11) is 0. The third-order valence-electron chi connectivity index (χ3n) is 4.54. The molecule has 1 aromatic carbocycles. The van der Waals surface area contributed by atoms with E-state index in [2.05, 4.69) is 46.8 Å². The first-order valence-corrected chi connectivity index (χ1v) is 7.16. The Morgan fingerprint density at radius 2 is 1.68 bits per heavy atom. The molecule has 106 valence electrons. The lowest BCUT2D eigenvalue weighted by molar-refractivity contribution is -0.0789. The van der Waals surface area contributed by atoms with Crippen LogP contribution in [0.1, 0.15) is 42.5 Å². The molecule has 0 bridgehead atoms. The number of hydrogen-bond acceptors (Lipinski definition) is 2. The first kappa shape index (κ1) is 14.5. The smallest absolute Gasteiger partial charge is 0.0585 e. The number of benzene rings is 1. The van der Waals surface area contributed by atoms with E-state index in [1.165, 1.54) is 22.3 Å². The van der Waals surface area contributed by atoms with Crippen molar-refractivity contribution in [2.24, 2.45) is 11.1 Å². The van der Waals surface area contributed by atoms with E-state index in [0.717, 1.165) is 26.2 Å². The molecule has 2 rings (SSSR count). The van der Waals surface area contributed by atoms with Crippen LogP contribution in [0.25, 0.3) is 0 Å². The first-order valence-electron chi connectivity index (χ1n) is 7.16. The third-order valence-corrected chi connectivity index (χ3v) is 4.54. The lowest BCUT2D eigenvalue weighted by Gasteiger charge is -2.47. The van der Waals surface area contributed by atoms with Crippen molar-refractivity contribution in [3.8, 4) is 0 Å². The standard InChI is InChI=1S/C17H27NO/c1-12-6-14(3)15(7-13(12)2)17(10-19-11-17)8-16(4,5)9-18/h6-7H,8-11,18H2,1-5H3. The second kappa shape index (κ2) is 4.92. The van der Waals surface area contributed by atoms with Gasteiger partial charge in [-0.2, -0.15) is 0 Å². The molecule has 1 aliphatic rings. The van der Waals surface area contributed by atoms with Crippen molar-refractivity contribution >= 4 is 0 Å². The second-order valence-electron chi connectivity index (χ2n) is 7.07. The summed E-state index contributed by atoms with van der Waals surface area (Å²) in [6.07, 6.45) is 1.10. The van der Waals surface area contributed by atoms with Crippen LogP contribution < -0.4 is 5.73 Å². The summed E-state index contributed by atoms with van der Waals surface area (Å²) >= 11 is 0. The van der Waals surface area contributed by atoms with Gasteiger partial charge in [0.25, 0.3) is 0 Å². The molecule has 1 aromatic rings. The molecule has 1 aliphatic heterocycles. The van der Waals surface area contributed by atoms with Crippen molar-refractivity contribution in [1.82, 2.24) is 0 Å². The molecule has 2 heteroatoms. The van der Waals surface area contributed by atoms with Crippen molar-refractivity contribution in [3.05, 3.63) is 34.4 Å². The molecule has 1 fully saturated rings. The van der Waals surface area contributed by atoms with Crippen LogP contribution in [-0.2, 0) is 10.2 Å². The largest absolute Gasteiger partial charge is 0.379 e. The molecule has 0 unspecified atom stereocenters. The van der Waals surface area contributed by atoms with Gasteiger partial charge in [0.2, 0.25) is 0 Å². The SMILES string of the molecule is Cc1cc(C)c(C2(CC(C)(C)CN)COC2)cc1C. The average Bonchev–Trinajstić information content (AvgIpc) is 2.29. The van der Waals surface area contributed by atoms with Crippen molar-refractivity contribution in [1.29, 1.82) is 0 Å². The molecule has 19 heavy (non-hydrogen) atoms. The molecule has 0 spiro atoms. The topological polar surface area (TPSA) is 35.2 Å². The highest BCUT2D eigenvalue weighted by Gasteiger charge is 2.44. The van der Waals surface area contributed by atoms with Crippen LogP contribution in [0, 0.1) is 26.2 Å². The van der Waals surface area contributed by atoms with Crippen LogP contribution >= 0.6 is 0 Å². The summed E-state index contributed by atoms with van der Waals surface area (Å²) in [6, 6.07) is 4.67. The quantitative estimate of drug-likeness (QED) is 0.903. The van der Waals surface area contributed by atoms with Gasteiger partial charge in [-0.1, -0.05) is 26.0 Å². The molecule has 0 atom stereocenters. The predicted molar refractivity (Wildman–Crippen MR) is 80.6 cm³/mol. The Labute approximate surface area is 117 Å². The minimum Gasteiger partial charge on any atom is -0.379 e. The second-order valence-corrected chi connectivity index (χ2v) is 7.07. The van der Waals surface area contributed by atoms with Crippen LogP contribution in [0.3, 0.4) is 0 Å². The number of aryl methyl sites for hydroxylation is 3. The van der Waals surface area contributed by atoms with Gasteiger partial charge in [-0.15, -0.1) is 0 Å². The Kier molecular flexibility index (Phi) is 3.76. The zero-order valence-electron chi connectivity index (χ0n) is 13.0. The highest BCUT2D eigenvalue weighted by Crippen LogP contribution is 2.43. The van der Waals surface area contributed by atoms with Crippen LogP contribution in [0.15, 0.2) is 12.1 Å². The lowest BCUT2D eigenvalue weighted by Crippen LogP contribution is -2.51. The van der Waals surface area contributed by atoms with E-state index >= 15 is 0 Å². The minimum absolute atomic E-state index is 0.162. The Morgan fingerprint density at radius 3 is 2.16 bits per heavy atom. The first-order chi connectivity index (χ1) is 8.80. The van der Waals surface area contributed by atoms with E-state index < -0.39 is 0 Å². The molecule has 0 saturated carbocycles. The monoisotopic (exact) mass is 261 g/mol. The van der Waals surface area contributed by atoms with Crippen LogP contribution in [0.2, 0.25) is 0 Å². The van der Waals surface area contributed by atoms with Gasteiger partial charge in [0.1, 0.15) is 0 Å². The Balaban J connectivity index is 2.39. The van der Waals surface area contributed by atoms with Gasteiger partial charge < -0.3 is 10.5 Å². The fraction of sp³-hybridized carbons (Fsp3) is 0.647. The molecule has 2 N–H and O–H groups in total. The summed E-state index contributed by atoms with van der Waals surface area (Å²) in [5, 5.41) is 0. The zero-order chi connectivity index (χ0) is 14.3. The van der Waals surface area contributed by atoms with Gasteiger partial charge in [-0.3, -0.25) is 0 Å². The molecule has 1 heterocycles. The third kappa shape index (κ3) is 2.70. The average molecular weight is 261 g/mol. The Morgan fingerprint density at radius 1 is 1.11 bits per heavy atom. The number of nitrogens with two attached hydrogens (primary N) is 1. The number of rotatable bonds is 4.